The Morgan fingerprint density at radius 2 is 1.94 bits per heavy atom. The second-order valence-corrected chi connectivity index (χ2v) is 9.69. The van der Waals surface area contributed by atoms with E-state index in [1.54, 1.807) is 12.1 Å². The Morgan fingerprint density at radius 1 is 1.16 bits per heavy atom. The lowest BCUT2D eigenvalue weighted by molar-refractivity contribution is 0.0459. The van der Waals surface area contributed by atoms with E-state index in [0.717, 1.165) is 11.1 Å². The van der Waals surface area contributed by atoms with Crippen LogP contribution in [-0.2, 0) is 21.4 Å². The molecule has 2 heterocycles. The summed E-state index contributed by atoms with van der Waals surface area (Å²) in [6.07, 6.45) is 0. The molecule has 0 spiro atoms. The lowest BCUT2D eigenvalue weighted by Crippen LogP contribution is -2.26. The third-order valence-corrected chi connectivity index (χ3v) is 7.16. The Bertz CT molecular complexity index is 1330. The van der Waals surface area contributed by atoms with Gasteiger partial charge in [0.1, 0.15) is 0 Å². The molecule has 32 heavy (non-hydrogen) atoms. The van der Waals surface area contributed by atoms with Crippen LogP contribution in [-0.4, -0.2) is 31.6 Å². The SMILES string of the molecule is Cc1ccc(N(C)S(=O)(=O)c2cccc(C(=O)OCc3noc(-c4ccsc4)n3)c2)cc1. The van der Waals surface area contributed by atoms with Crippen LogP contribution in [0.1, 0.15) is 21.7 Å². The number of rotatable bonds is 7. The molecule has 0 saturated heterocycles. The highest BCUT2D eigenvalue weighted by Gasteiger charge is 2.23. The fourth-order valence-electron chi connectivity index (χ4n) is 2.86. The van der Waals surface area contributed by atoms with Crippen molar-refractivity contribution in [3.8, 4) is 11.5 Å². The van der Waals surface area contributed by atoms with E-state index in [0.29, 0.717) is 11.6 Å². The first kappa shape index (κ1) is 21.7. The van der Waals surface area contributed by atoms with Gasteiger partial charge >= 0.3 is 5.97 Å². The maximum absolute atomic E-state index is 13.0. The van der Waals surface area contributed by atoms with E-state index < -0.39 is 16.0 Å². The number of anilines is 1. The molecule has 8 nitrogen and oxygen atoms in total. The van der Waals surface area contributed by atoms with E-state index in [2.05, 4.69) is 10.1 Å². The van der Waals surface area contributed by atoms with E-state index in [1.165, 1.54) is 47.0 Å². The molecule has 0 aliphatic heterocycles. The van der Waals surface area contributed by atoms with E-state index in [4.69, 9.17) is 9.26 Å². The largest absolute Gasteiger partial charge is 0.454 e. The average Bonchev–Trinajstić information content (AvgIpc) is 3.49. The molecule has 0 saturated carbocycles. The third kappa shape index (κ3) is 4.56. The van der Waals surface area contributed by atoms with Gasteiger partial charge < -0.3 is 9.26 Å². The van der Waals surface area contributed by atoms with Crippen LogP contribution >= 0.6 is 11.3 Å². The molecule has 0 amide bonds. The van der Waals surface area contributed by atoms with Crippen molar-refractivity contribution >= 4 is 33.0 Å². The lowest BCUT2D eigenvalue weighted by atomic mass is 10.2. The normalized spacial score (nSPS) is 11.3. The number of thiophene rings is 1. The number of hydrogen-bond acceptors (Lipinski definition) is 8. The maximum Gasteiger partial charge on any atom is 0.338 e. The zero-order valence-corrected chi connectivity index (χ0v) is 18.9. The second kappa shape index (κ2) is 8.93. The van der Waals surface area contributed by atoms with Crippen LogP contribution in [0, 0.1) is 6.92 Å². The summed E-state index contributed by atoms with van der Waals surface area (Å²) in [6, 6.07) is 14.6. The molecular formula is C22H19N3O5S2. The van der Waals surface area contributed by atoms with Crippen molar-refractivity contribution in [1.82, 2.24) is 10.1 Å². The Labute approximate surface area is 189 Å². The molecule has 4 rings (SSSR count). The van der Waals surface area contributed by atoms with Crippen LogP contribution in [0.5, 0.6) is 0 Å². The topological polar surface area (TPSA) is 103 Å². The monoisotopic (exact) mass is 469 g/mol. The van der Waals surface area contributed by atoms with Crippen molar-refractivity contribution in [2.75, 3.05) is 11.4 Å². The maximum atomic E-state index is 13.0. The Balaban J connectivity index is 1.47. The van der Waals surface area contributed by atoms with E-state index in [1.807, 2.05) is 35.9 Å². The number of ether oxygens (including phenoxy) is 1. The van der Waals surface area contributed by atoms with Crippen LogP contribution < -0.4 is 4.31 Å². The summed E-state index contributed by atoms with van der Waals surface area (Å²) >= 11 is 1.50. The van der Waals surface area contributed by atoms with Crippen LogP contribution in [0.3, 0.4) is 0 Å². The predicted octanol–water partition coefficient (Wildman–Crippen LogP) is 4.29. The Kier molecular flexibility index (Phi) is 6.06. The first-order valence-electron chi connectivity index (χ1n) is 9.52. The van der Waals surface area contributed by atoms with Crippen molar-refractivity contribution in [2.45, 2.75) is 18.4 Å². The van der Waals surface area contributed by atoms with E-state index >= 15 is 0 Å². The van der Waals surface area contributed by atoms with Gasteiger partial charge in [-0.3, -0.25) is 4.31 Å². The molecule has 0 aliphatic carbocycles. The highest BCUT2D eigenvalue weighted by molar-refractivity contribution is 7.92. The molecule has 2 aromatic heterocycles. The smallest absolute Gasteiger partial charge is 0.338 e. The standard InChI is InChI=1S/C22H19N3O5S2/c1-15-6-8-18(9-7-15)25(2)32(27,28)19-5-3-4-16(12-19)22(26)29-13-20-23-21(30-24-20)17-10-11-31-14-17/h3-12,14H,13H2,1-2H3. The summed E-state index contributed by atoms with van der Waals surface area (Å²) in [5, 5.41) is 7.55. The summed E-state index contributed by atoms with van der Waals surface area (Å²) in [6.45, 7) is 1.72. The molecular weight excluding hydrogens is 450 g/mol. The van der Waals surface area contributed by atoms with Gasteiger partial charge in [0, 0.05) is 12.4 Å². The predicted molar refractivity (Wildman–Crippen MR) is 120 cm³/mol. The summed E-state index contributed by atoms with van der Waals surface area (Å²) in [5.41, 5.74) is 2.43. The minimum Gasteiger partial charge on any atom is -0.454 e. The highest BCUT2D eigenvalue weighted by Crippen LogP contribution is 2.24. The van der Waals surface area contributed by atoms with Gasteiger partial charge in [-0.15, -0.1) is 0 Å². The summed E-state index contributed by atoms with van der Waals surface area (Å²) in [4.78, 5) is 16.7. The van der Waals surface area contributed by atoms with Crippen molar-refractivity contribution in [2.24, 2.45) is 0 Å². The summed E-state index contributed by atoms with van der Waals surface area (Å²) in [7, 11) is -2.40. The third-order valence-electron chi connectivity index (χ3n) is 4.69. The second-order valence-electron chi connectivity index (χ2n) is 6.94. The molecule has 4 aromatic rings. The minimum absolute atomic E-state index is 0.0191. The lowest BCUT2D eigenvalue weighted by Gasteiger charge is -2.20. The number of aryl methyl sites for hydroxylation is 1. The molecule has 0 bridgehead atoms. The molecule has 0 radical (unpaired) electrons. The molecule has 0 fully saturated rings. The fraction of sp³-hybridized carbons (Fsp3) is 0.136. The summed E-state index contributed by atoms with van der Waals surface area (Å²) < 4.78 is 37.6. The van der Waals surface area contributed by atoms with Gasteiger partial charge in [-0.1, -0.05) is 28.9 Å². The molecule has 0 unspecified atom stereocenters. The van der Waals surface area contributed by atoms with Crippen LogP contribution in [0.4, 0.5) is 5.69 Å². The molecule has 0 aliphatic rings. The number of hydrogen-bond donors (Lipinski definition) is 0. The zero-order valence-electron chi connectivity index (χ0n) is 17.3. The first-order valence-corrected chi connectivity index (χ1v) is 11.9. The summed E-state index contributed by atoms with van der Waals surface area (Å²) in [5.74, 6) is -0.145. The van der Waals surface area contributed by atoms with Crippen molar-refractivity contribution in [1.29, 1.82) is 0 Å². The van der Waals surface area contributed by atoms with Gasteiger partial charge in [0.15, 0.2) is 6.61 Å². The van der Waals surface area contributed by atoms with Crippen molar-refractivity contribution in [3.63, 3.8) is 0 Å². The van der Waals surface area contributed by atoms with Gasteiger partial charge in [-0.25, -0.2) is 13.2 Å². The van der Waals surface area contributed by atoms with Gasteiger partial charge in [-0.2, -0.15) is 16.3 Å². The zero-order chi connectivity index (χ0) is 22.7. The van der Waals surface area contributed by atoms with E-state index in [9.17, 15) is 13.2 Å². The Hall–Kier alpha value is -3.50. The first-order chi connectivity index (χ1) is 15.3. The van der Waals surface area contributed by atoms with Crippen molar-refractivity contribution in [3.05, 3.63) is 82.3 Å². The number of sulfonamides is 1. The highest BCUT2D eigenvalue weighted by atomic mass is 32.2. The number of esters is 1. The number of benzene rings is 2. The Morgan fingerprint density at radius 3 is 2.66 bits per heavy atom. The number of nitrogens with zero attached hydrogens (tertiary/aromatic N) is 3. The van der Waals surface area contributed by atoms with Gasteiger partial charge in [0.05, 0.1) is 21.7 Å². The van der Waals surface area contributed by atoms with Crippen LogP contribution in [0.15, 0.2) is 74.8 Å². The number of aromatic nitrogens is 2. The molecule has 0 N–H and O–H groups in total. The quantitative estimate of drug-likeness (QED) is 0.372. The molecule has 0 atom stereocenters. The number of carbonyl (C=O) groups excluding carboxylic acids is 1. The van der Waals surface area contributed by atoms with Crippen molar-refractivity contribution < 1.29 is 22.5 Å². The van der Waals surface area contributed by atoms with Gasteiger partial charge in [0.2, 0.25) is 5.82 Å². The van der Waals surface area contributed by atoms with Gasteiger partial charge in [0.25, 0.3) is 15.9 Å². The van der Waals surface area contributed by atoms with E-state index in [-0.39, 0.29) is 22.9 Å². The minimum atomic E-state index is -3.86. The fourth-order valence-corrected chi connectivity index (χ4v) is 4.74. The van der Waals surface area contributed by atoms with Crippen LogP contribution in [0.2, 0.25) is 0 Å². The van der Waals surface area contributed by atoms with Gasteiger partial charge in [-0.05, 0) is 48.7 Å². The number of carbonyl (C=O) groups is 1. The van der Waals surface area contributed by atoms with Crippen LogP contribution in [0.25, 0.3) is 11.5 Å². The molecule has 2 aromatic carbocycles. The molecule has 10 heteroatoms. The average molecular weight is 470 g/mol. The molecule has 164 valence electrons.